The zero-order valence-electron chi connectivity index (χ0n) is 46.5. The van der Waals surface area contributed by atoms with Crippen molar-refractivity contribution in [2.24, 2.45) is 0 Å². The molecule has 442 valence electrons. The van der Waals surface area contributed by atoms with Crippen LogP contribution >= 0.6 is 80.7 Å². The van der Waals surface area contributed by atoms with Crippen molar-refractivity contribution in [2.75, 3.05) is 88.4 Å². The number of hydrogen-bond acceptors (Lipinski definition) is 19. The van der Waals surface area contributed by atoms with Crippen molar-refractivity contribution >= 4 is 158 Å². The molecule has 82 heavy (non-hydrogen) atoms. The van der Waals surface area contributed by atoms with Crippen LogP contribution in [-0.4, -0.2) is 152 Å². The Bertz CT molecular complexity index is 3090. The zero-order chi connectivity index (χ0) is 60.0. The lowest BCUT2D eigenvalue weighted by Gasteiger charge is -2.17. The number of hydrogen-bond donors (Lipinski definition) is 6. The monoisotopic (exact) mass is 1450 g/mol. The van der Waals surface area contributed by atoms with Gasteiger partial charge in [-0.2, -0.15) is 0 Å². The van der Waals surface area contributed by atoms with E-state index >= 15 is 0 Å². The maximum Gasteiger partial charge on any atom is 0.331 e. The number of carbonyl (C=O) groups excluding carboxylic acids is 5. The summed E-state index contributed by atoms with van der Waals surface area (Å²) in [5.41, 5.74) is 17.0. The molecule has 8 N–H and O–H groups in total. The molecule has 8 rings (SSSR count). The fourth-order valence-electron chi connectivity index (χ4n) is 7.37. The summed E-state index contributed by atoms with van der Waals surface area (Å²) in [6.45, 7) is 11.4. The normalized spacial score (nSPS) is 14.2. The number of anilines is 5. The molecule has 3 aliphatic rings. The van der Waals surface area contributed by atoms with E-state index in [-0.39, 0.29) is 47.2 Å². The Balaban J connectivity index is 0.000000273. The predicted molar refractivity (Wildman–Crippen MR) is 335 cm³/mol. The molecule has 0 spiro atoms. The molecule has 28 heteroatoms. The number of pyridine rings is 5. The van der Waals surface area contributed by atoms with Crippen LogP contribution in [0, 0.1) is 0 Å². The summed E-state index contributed by atoms with van der Waals surface area (Å²) in [6, 6.07) is 9.54. The number of nitrogens with two attached hydrogens (primary N) is 2. The highest BCUT2D eigenvalue weighted by Crippen LogP contribution is 2.24. The zero-order valence-corrected chi connectivity index (χ0v) is 54.5. The van der Waals surface area contributed by atoms with Gasteiger partial charge in [-0.1, -0.05) is 15.9 Å². The number of amides is 3. The number of carbonyl (C=O) groups is 6. The Hall–Kier alpha value is -6.11. The molecule has 8 heterocycles. The van der Waals surface area contributed by atoms with Gasteiger partial charge in [0, 0.05) is 116 Å². The van der Waals surface area contributed by atoms with Crippen LogP contribution in [0.2, 0.25) is 0 Å². The van der Waals surface area contributed by atoms with E-state index < -0.39 is 17.5 Å². The molecular weight excluding hydrogens is 1390 g/mol. The summed E-state index contributed by atoms with van der Waals surface area (Å²) in [6.07, 6.45) is 13.7. The van der Waals surface area contributed by atoms with E-state index in [2.05, 4.69) is 105 Å². The molecule has 0 bridgehead atoms. The van der Waals surface area contributed by atoms with E-state index in [9.17, 15) is 28.8 Å². The highest BCUT2D eigenvalue weighted by Gasteiger charge is 2.21. The van der Waals surface area contributed by atoms with Crippen molar-refractivity contribution in [3.05, 3.63) is 126 Å². The molecule has 3 aliphatic heterocycles. The van der Waals surface area contributed by atoms with Gasteiger partial charge in [-0.05, 0) is 157 Å². The third-order valence-electron chi connectivity index (χ3n) is 10.7. The molecule has 0 atom stereocenters. The summed E-state index contributed by atoms with van der Waals surface area (Å²) >= 11 is 13.3. The van der Waals surface area contributed by atoms with Crippen LogP contribution in [0.5, 0.6) is 0 Å². The number of nitrogens with one attached hydrogen (secondary N) is 3. The van der Waals surface area contributed by atoms with Gasteiger partial charge in [0.05, 0.1) is 32.8 Å². The molecule has 23 nitrogen and oxygen atoms in total. The van der Waals surface area contributed by atoms with Crippen LogP contribution < -0.4 is 27.4 Å². The van der Waals surface area contributed by atoms with Crippen LogP contribution in [0.15, 0.2) is 86.9 Å². The number of aromatic nitrogens is 5. The van der Waals surface area contributed by atoms with E-state index in [4.69, 9.17) is 26.0 Å². The minimum atomic E-state index is -1.00. The third kappa shape index (κ3) is 26.0. The van der Waals surface area contributed by atoms with Crippen molar-refractivity contribution in [2.45, 2.75) is 64.8 Å². The number of carboxylic acids is 1. The van der Waals surface area contributed by atoms with Crippen LogP contribution in [0.4, 0.5) is 29.1 Å². The maximum atomic E-state index is 11.7. The molecule has 0 aromatic carbocycles. The van der Waals surface area contributed by atoms with Crippen LogP contribution in [-0.2, 0) is 69.8 Å². The lowest BCUT2D eigenvalue weighted by molar-refractivity contribution is -0.148. The van der Waals surface area contributed by atoms with E-state index in [0.29, 0.717) is 80.5 Å². The molecule has 0 saturated heterocycles. The standard InChI is InChI=1S/C16H21N3O3.C12H13N3O3.C11H16BrN3O2.C9H10BrN3O.C6H6Br2N2.BrH/c1-16(2,3)22-14(21)6-5-11-7-12-9-19(4)10-13(20)18-15(12)17-8-11;1-15-6-9-4-8(2-3-11(17)18)5-13-12(9)14-10(16)7-15;1-3-17-10(16)7-15(2)6-8-4-9(12)5-14-11(8)13;1-13-4-6-2-7(10)3-11-9(6)12-8(14)5-13;7-2-4-1-5(8)3-10-6(4)9;/h5-8H,9-10H2,1-4H3,(H,17,18,20);2-5H,6-7H2,1H3,(H,17,18)(H,13,14,16);4-5H,3,6-7H2,1-2H3,(H2,13,14);2-3H,4-5H2,1H3,(H,11,12,14);1,3H,2H2,(H2,9,10);1H/b6-5+;3-2+;;;;. The first-order chi connectivity index (χ1) is 38.2. The highest BCUT2D eigenvalue weighted by atomic mass is 79.9. The van der Waals surface area contributed by atoms with Gasteiger partial charge in [0.2, 0.25) is 17.7 Å². The van der Waals surface area contributed by atoms with Gasteiger partial charge < -0.3 is 42.0 Å². The second-order valence-electron chi connectivity index (χ2n) is 19.4. The largest absolute Gasteiger partial charge is 0.478 e. The van der Waals surface area contributed by atoms with E-state index in [0.717, 1.165) is 64.7 Å². The second kappa shape index (κ2) is 34.5. The van der Waals surface area contributed by atoms with Crippen molar-refractivity contribution in [3.8, 4) is 0 Å². The third-order valence-corrected chi connectivity index (χ3v) is 12.6. The summed E-state index contributed by atoms with van der Waals surface area (Å²) in [7, 11) is 7.46. The van der Waals surface area contributed by atoms with Gasteiger partial charge in [-0.25, -0.2) is 34.5 Å². The second-order valence-corrected chi connectivity index (χ2v) is 22.7. The first-order valence-corrected chi connectivity index (χ1v) is 28.3. The predicted octanol–water partition coefficient (Wildman–Crippen LogP) is 7.93. The minimum absolute atomic E-state index is 0. The number of nitrogen functional groups attached to an aromatic ring is 2. The van der Waals surface area contributed by atoms with E-state index in [1.165, 1.54) is 18.3 Å². The summed E-state index contributed by atoms with van der Waals surface area (Å²) < 4.78 is 12.8. The number of aliphatic carboxylic acids is 1. The molecule has 0 unspecified atom stereocenters. The first kappa shape index (κ1) is 70.2. The average Bonchev–Trinajstić information content (AvgIpc) is 3.81. The van der Waals surface area contributed by atoms with Crippen molar-refractivity contribution < 1.29 is 43.3 Å². The van der Waals surface area contributed by atoms with E-state index in [1.807, 2.05) is 98.9 Å². The Morgan fingerprint density at radius 3 is 1.49 bits per heavy atom. The number of alkyl halides is 1. The Morgan fingerprint density at radius 2 is 1.06 bits per heavy atom. The number of esters is 2. The average molecular weight is 1460 g/mol. The van der Waals surface area contributed by atoms with E-state index in [1.54, 1.807) is 37.8 Å². The van der Waals surface area contributed by atoms with Crippen molar-refractivity contribution in [3.63, 3.8) is 0 Å². The highest BCUT2D eigenvalue weighted by molar-refractivity contribution is 9.11. The quantitative estimate of drug-likeness (QED) is 0.0439. The van der Waals surface area contributed by atoms with Crippen LogP contribution in [0.25, 0.3) is 12.2 Å². The number of fused-ring (bicyclic) bond motifs is 3. The van der Waals surface area contributed by atoms with Crippen LogP contribution in [0.1, 0.15) is 66.6 Å². The van der Waals surface area contributed by atoms with Crippen molar-refractivity contribution in [1.29, 1.82) is 0 Å². The number of rotatable bonds is 10. The number of halogens is 5. The van der Waals surface area contributed by atoms with Crippen molar-refractivity contribution in [1.82, 2.24) is 44.5 Å². The lowest BCUT2D eigenvalue weighted by Crippen LogP contribution is -2.27. The SMILES string of the molecule is Br.CCOC(=O)CN(C)Cc1cc(Br)cnc1N.CN1CC(=O)Nc2ncc(/C=C/C(=O)O)cc2C1.CN1CC(=O)Nc2ncc(/C=C/C(=O)OC(C)(C)C)cc2C1.CN1CC(=O)Nc2ncc(Br)cc2C1.Nc1ncc(Br)cc1CBr. The Morgan fingerprint density at radius 1 is 0.659 bits per heavy atom. The summed E-state index contributed by atoms with van der Waals surface area (Å²) in [5, 5.41) is 17.6. The number of likely N-dealkylation sites (N-methyl/N-ethyl adjacent to an activating group) is 4. The van der Waals surface area contributed by atoms with Gasteiger partial charge in [0.15, 0.2) is 0 Å². The van der Waals surface area contributed by atoms with Gasteiger partial charge in [0.1, 0.15) is 34.7 Å². The molecule has 0 aliphatic carbocycles. The summed E-state index contributed by atoms with van der Waals surface area (Å²) in [5.74, 6) is 1.01. The Kier molecular flexibility index (Phi) is 29.5. The summed E-state index contributed by atoms with van der Waals surface area (Å²) in [4.78, 5) is 95.9. The van der Waals surface area contributed by atoms with Gasteiger partial charge >= 0.3 is 17.9 Å². The molecule has 0 saturated carbocycles. The van der Waals surface area contributed by atoms with Gasteiger partial charge in [0.25, 0.3) is 0 Å². The fourth-order valence-corrected chi connectivity index (χ4v) is 8.95. The molecule has 0 fully saturated rings. The minimum Gasteiger partial charge on any atom is -0.478 e. The molecule has 5 aromatic rings. The van der Waals surface area contributed by atoms with Gasteiger partial charge in [-0.3, -0.25) is 38.8 Å². The lowest BCUT2D eigenvalue weighted by atomic mass is 10.1. The smallest absolute Gasteiger partial charge is 0.331 e. The molecule has 5 aromatic heterocycles. The van der Waals surface area contributed by atoms with Crippen LogP contribution in [0.3, 0.4) is 0 Å². The topological polar surface area (TPSA) is 307 Å². The first-order valence-electron chi connectivity index (χ1n) is 24.8. The molecule has 0 radical (unpaired) electrons. The number of carboxylic acid groups (broad SMARTS) is 1. The fraction of sp³-hybridized carbons (Fsp3) is 0.352. The molecular formula is C54H67Br5N14O9. The maximum absolute atomic E-state index is 11.7. The molecule has 3 amide bonds. The number of ether oxygens (including phenoxy) is 2. The Labute approximate surface area is 520 Å². The number of nitrogens with zero attached hydrogens (tertiary/aromatic N) is 9. The van der Waals surface area contributed by atoms with Gasteiger partial charge in [-0.15, -0.1) is 17.0 Å².